The summed E-state index contributed by atoms with van der Waals surface area (Å²) in [7, 11) is 1.81. The summed E-state index contributed by atoms with van der Waals surface area (Å²) >= 11 is 0. The normalized spacial score (nSPS) is 12.7. The summed E-state index contributed by atoms with van der Waals surface area (Å²) in [5, 5.41) is 0. The zero-order valence-electron chi connectivity index (χ0n) is 7.63. The number of carbonyl (C=O) groups excluding carboxylic acids is 1. The van der Waals surface area contributed by atoms with Gasteiger partial charge in [0.15, 0.2) is 0 Å². The highest BCUT2D eigenvalue weighted by atomic mass is 16.2. The molecule has 0 fully saturated rings. The van der Waals surface area contributed by atoms with Gasteiger partial charge in [-0.05, 0) is 19.4 Å². The predicted octanol–water partition coefficient (Wildman–Crippen LogP) is 0.450. The first kappa shape index (κ1) is 10.4. The minimum absolute atomic E-state index is 0.186. The first-order valence-electron chi connectivity index (χ1n) is 4.05. The Morgan fingerprint density at radius 1 is 1.64 bits per heavy atom. The van der Waals surface area contributed by atoms with Gasteiger partial charge in [0, 0.05) is 20.0 Å². The lowest BCUT2D eigenvalue weighted by atomic mass is 10.1. The van der Waals surface area contributed by atoms with E-state index in [-0.39, 0.29) is 5.91 Å². The van der Waals surface area contributed by atoms with Crippen molar-refractivity contribution in [3.8, 4) is 0 Å². The molecule has 11 heavy (non-hydrogen) atoms. The Balaban J connectivity index is 3.68. The molecule has 0 rings (SSSR count). The number of hydrogen-bond acceptors (Lipinski definition) is 2. The Morgan fingerprint density at radius 2 is 2.18 bits per heavy atom. The number of amides is 1. The summed E-state index contributed by atoms with van der Waals surface area (Å²) in [5.41, 5.74) is 5.39. The Kier molecular flexibility index (Phi) is 4.86. The first-order chi connectivity index (χ1) is 5.11. The molecule has 0 heterocycles. The highest BCUT2D eigenvalue weighted by molar-refractivity contribution is 5.76. The van der Waals surface area contributed by atoms with Crippen LogP contribution in [-0.2, 0) is 4.79 Å². The molecular formula is C8H18N2O. The summed E-state index contributed by atoms with van der Waals surface area (Å²) in [6.45, 7) is 5.31. The fraction of sp³-hybridized carbons (Fsp3) is 0.875. The molecule has 0 aliphatic rings. The van der Waals surface area contributed by atoms with Crippen LogP contribution in [0.1, 0.15) is 20.3 Å². The lowest BCUT2D eigenvalue weighted by Gasteiger charge is -2.16. The van der Waals surface area contributed by atoms with Crippen LogP contribution in [0.3, 0.4) is 0 Å². The minimum atomic E-state index is 0.186. The standard InChI is InChI=1S/C8H18N2O/c1-4-10(3)8(11)5-7(2)6-9/h7H,4-6,9H2,1-3H3. The van der Waals surface area contributed by atoms with E-state index in [4.69, 9.17) is 5.73 Å². The highest BCUT2D eigenvalue weighted by Gasteiger charge is 2.09. The van der Waals surface area contributed by atoms with Crippen molar-refractivity contribution >= 4 is 5.91 Å². The van der Waals surface area contributed by atoms with Crippen molar-refractivity contribution in [1.29, 1.82) is 0 Å². The molecule has 1 unspecified atom stereocenters. The van der Waals surface area contributed by atoms with E-state index in [0.717, 1.165) is 6.54 Å². The number of hydrogen-bond donors (Lipinski definition) is 1. The van der Waals surface area contributed by atoms with E-state index in [0.29, 0.717) is 18.9 Å². The van der Waals surface area contributed by atoms with Crippen molar-refractivity contribution < 1.29 is 4.79 Å². The molecule has 66 valence electrons. The Morgan fingerprint density at radius 3 is 2.55 bits per heavy atom. The summed E-state index contributed by atoms with van der Waals surface area (Å²) in [6, 6.07) is 0. The predicted molar refractivity (Wildman–Crippen MR) is 46.1 cm³/mol. The maximum absolute atomic E-state index is 11.2. The van der Waals surface area contributed by atoms with E-state index in [2.05, 4.69) is 0 Å². The number of nitrogens with two attached hydrogens (primary N) is 1. The Labute approximate surface area is 68.6 Å². The van der Waals surface area contributed by atoms with Gasteiger partial charge in [0.25, 0.3) is 0 Å². The van der Waals surface area contributed by atoms with Crippen LogP contribution in [0.5, 0.6) is 0 Å². The fourth-order valence-corrected chi connectivity index (χ4v) is 0.714. The second-order valence-electron chi connectivity index (χ2n) is 2.95. The highest BCUT2D eigenvalue weighted by Crippen LogP contribution is 2.01. The molecule has 0 aromatic carbocycles. The van der Waals surface area contributed by atoms with Crippen molar-refractivity contribution in [1.82, 2.24) is 4.90 Å². The van der Waals surface area contributed by atoms with Crippen LogP contribution in [0.4, 0.5) is 0 Å². The molecule has 3 heteroatoms. The van der Waals surface area contributed by atoms with Gasteiger partial charge < -0.3 is 10.6 Å². The van der Waals surface area contributed by atoms with Gasteiger partial charge in [-0.1, -0.05) is 6.92 Å². The number of carbonyl (C=O) groups is 1. The minimum Gasteiger partial charge on any atom is -0.346 e. The van der Waals surface area contributed by atoms with Gasteiger partial charge >= 0.3 is 0 Å². The maximum atomic E-state index is 11.2. The number of nitrogens with zero attached hydrogens (tertiary/aromatic N) is 1. The molecule has 3 nitrogen and oxygen atoms in total. The smallest absolute Gasteiger partial charge is 0.222 e. The van der Waals surface area contributed by atoms with Crippen molar-refractivity contribution in [2.24, 2.45) is 11.7 Å². The van der Waals surface area contributed by atoms with Crippen molar-refractivity contribution in [2.45, 2.75) is 20.3 Å². The largest absolute Gasteiger partial charge is 0.346 e. The van der Waals surface area contributed by atoms with Crippen LogP contribution in [0, 0.1) is 5.92 Å². The van der Waals surface area contributed by atoms with Gasteiger partial charge in [-0.2, -0.15) is 0 Å². The molecule has 0 aliphatic carbocycles. The lowest BCUT2D eigenvalue weighted by molar-refractivity contribution is -0.130. The topological polar surface area (TPSA) is 46.3 Å². The molecule has 0 aromatic rings. The third kappa shape index (κ3) is 3.98. The third-order valence-corrected chi connectivity index (χ3v) is 1.83. The molecule has 0 aliphatic heterocycles. The van der Waals surface area contributed by atoms with Gasteiger partial charge in [-0.3, -0.25) is 4.79 Å². The maximum Gasteiger partial charge on any atom is 0.222 e. The summed E-state index contributed by atoms with van der Waals surface area (Å²) in [5.74, 6) is 0.488. The van der Waals surface area contributed by atoms with Crippen LogP contribution in [0.15, 0.2) is 0 Å². The van der Waals surface area contributed by atoms with E-state index in [1.54, 1.807) is 4.90 Å². The quantitative estimate of drug-likeness (QED) is 0.645. The Bertz CT molecular complexity index is 125. The van der Waals surface area contributed by atoms with E-state index in [9.17, 15) is 4.79 Å². The van der Waals surface area contributed by atoms with Crippen LogP contribution in [-0.4, -0.2) is 30.9 Å². The molecular weight excluding hydrogens is 140 g/mol. The molecule has 1 atom stereocenters. The molecule has 0 saturated carbocycles. The van der Waals surface area contributed by atoms with Crippen LogP contribution in [0.2, 0.25) is 0 Å². The van der Waals surface area contributed by atoms with Gasteiger partial charge in [-0.25, -0.2) is 0 Å². The fourth-order valence-electron chi connectivity index (χ4n) is 0.714. The lowest BCUT2D eigenvalue weighted by Crippen LogP contribution is -2.29. The molecule has 2 N–H and O–H groups in total. The van der Waals surface area contributed by atoms with Crippen LogP contribution < -0.4 is 5.73 Å². The van der Waals surface area contributed by atoms with Gasteiger partial charge in [0.2, 0.25) is 5.91 Å². The van der Waals surface area contributed by atoms with E-state index < -0.39 is 0 Å². The molecule has 0 aromatic heterocycles. The van der Waals surface area contributed by atoms with E-state index in [1.807, 2.05) is 20.9 Å². The average molecular weight is 158 g/mol. The second kappa shape index (κ2) is 5.13. The third-order valence-electron chi connectivity index (χ3n) is 1.83. The van der Waals surface area contributed by atoms with Gasteiger partial charge in [0.05, 0.1) is 0 Å². The van der Waals surface area contributed by atoms with E-state index in [1.165, 1.54) is 0 Å². The van der Waals surface area contributed by atoms with E-state index >= 15 is 0 Å². The van der Waals surface area contributed by atoms with Crippen molar-refractivity contribution in [3.63, 3.8) is 0 Å². The van der Waals surface area contributed by atoms with Gasteiger partial charge in [-0.15, -0.1) is 0 Å². The molecule has 1 amide bonds. The first-order valence-corrected chi connectivity index (χ1v) is 4.05. The Hall–Kier alpha value is -0.570. The second-order valence-corrected chi connectivity index (χ2v) is 2.95. The summed E-state index contributed by atoms with van der Waals surface area (Å²) in [6.07, 6.45) is 0.570. The van der Waals surface area contributed by atoms with Crippen LogP contribution in [0.25, 0.3) is 0 Å². The molecule has 0 spiro atoms. The average Bonchev–Trinajstić information content (AvgIpc) is 2.02. The summed E-state index contributed by atoms with van der Waals surface area (Å²) in [4.78, 5) is 12.9. The van der Waals surface area contributed by atoms with Crippen molar-refractivity contribution in [2.75, 3.05) is 20.1 Å². The van der Waals surface area contributed by atoms with Crippen LogP contribution >= 0.6 is 0 Å². The molecule has 0 bridgehead atoms. The number of rotatable bonds is 4. The zero-order chi connectivity index (χ0) is 8.85. The van der Waals surface area contributed by atoms with Gasteiger partial charge in [0.1, 0.15) is 0 Å². The molecule has 0 saturated heterocycles. The summed E-state index contributed by atoms with van der Waals surface area (Å²) < 4.78 is 0. The molecule has 0 radical (unpaired) electrons. The monoisotopic (exact) mass is 158 g/mol. The zero-order valence-corrected chi connectivity index (χ0v) is 7.63. The SMILES string of the molecule is CCN(C)C(=O)CC(C)CN. The van der Waals surface area contributed by atoms with Crippen molar-refractivity contribution in [3.05, 3.63) is 0 Å².